The van der Waals surface area contributed by atoms with Crippen molar-refractivity contribution in [2.75, 3.05) is 6.54 Å². The Balaban J connectivity index is 2.34. The molecule has 6 nitrogen and oxygen atoms in total. The van der Waals surface area contributed by atoms with E-state index in [0.717, 1.165) is 6.42 Å². The van der Waals surface area contributed by atoms with Gasteiger partial charge in [-0.25, -0.2) is 4.79 Å². The predicted octanol–water partition coefficient (Wildman–Crippen LogP) is -0.499. The van der Waals surface area contributed by atoms with Gasteiger partial charge in [0.05, 0.1) is 0 Å². The van der Waals surface area contributed by atoms with Crippen LogP contribution in [0.4, 0.5) is 4.79 Å². The molecule has 0 spiro atoms. The van der Waals surface area contributed by atoms with E-state index in [2.05, 4.69) is 16.0 Å². The van der Waals surface area contributed by atoms with Crippen LogP contribution in [0.2, 0.25) is 0 Å². The van der Waals surface area contributed by atoms with E-state index >= 15 is 0 Å². The molecule has 0 aliphatic carbocycles. The van der Waals surface area contributed by atoms with Crippen molar-refractivity contribution in [3.63, 3.8) is 0 Å². The lowest BCUT2D eigenvalue weighted by molar-refractivity contribution is -0.134. The van der Waals surface area contributed by atoms with Gasteiger partial charge in [0.15, 0.2) is 0 Å². The van der Waals surface area contributed by atoms with Crippen LogP contribution in [0.15, 0.2) is 0 Å². The smallest absolute Gasteiger partial charge is 0.315 e. The number of nitrogens with one attached hydrogen (secondary N) is 3. The lowest BCUT2D eigenvalue weighted by Crippen LogP contribution is -2.54. The minimum atomic E-state index is -0.598. The van der Waals surface area contributed by atoms with Crippen LogP contribution in [-0.4, -0.2) is 30.4 Å². The molecule has 0 radical (unpaired) electrons. The number of hydrogen-bond acceptors (Lipinski definition) is 3. The van der Waals surface area contributed by atoms with Gasteiger partial charge in [-0.1, -0.05) is 6.92 Å². The summed E-state index contributed by atoms with van der Waals surface area (Å²) in [6.07, 6.45) is 1.47. The quantitative estimate of drug-likeness (QED) is 0.552. The normalized spacial score (nSPS) is 20.7. The fraction of sp³-hybridized carbons (Fsp3) is 0.667. The molecule has 1 aliphatic rings. The highest BCUT2D eigenvalue weighted by Crippen LogP contribution is 2.03. The Labute approximate surface area is 87.8 Å². The maximum absolute atomic E-state index is 11.2. The Bertz CT molecular complexity index is 278. The molecule has 1 heterocycles. The van der Waals surface area contributed by atoms with Crippen LogP contribution in [-0.2, 0) is 9.59 Å². The van der Waals surface area contributed by atoms with Crippen LogP contribution >= 0.6 is 0 Å². The monoisotopic (exact) mass is 213 g/mol. The van der Waals surface area contributed by atoms with Gasteiger partial charge in [-0.2, -0.15) is 0 Å². The van der Waals surface area contributed by atoms with Crippen molar-refractivity contribution in [1.29, 1.82) is 0 Å². The second-order valence-electron chi connectivity index (χ2n) is 3.40. The van der Waals surface area contributed by atoms with Gasteiger partial charge < -0.3 is 10.6 Å². The molecule has 0 saturated carbocycles. The lowest BCUT2D eigenvalue weighted by Gasteiger charge is -2.21. The Morgan fingerprint density at radius 1 is 1.53 bits per heavy atom. The van der Waals surface area contributed by atoms with Gasteiger partial charge in [0.2, 0.25) is 11.8 Å². The summed E-state index contributed by atoms with van der Waals surface area (Å²) in [5.41, 5.74) is 0. The topological polar surface area (TPSA) is 87.3 Å². The van der Waals surface area contributed by atoms with E-state index in [9.17, 15) is 14.4 Å². The zero-order valence-corrected chi connectivity index (χ0v) is 8.63. The minimum absolute atomic E-state index is 0.268. The average molecular weight is 213 g/mol. The molecule has 6 heteroatoms. The number of hydrogen-bond donors (Lipinski definition) is 3. The Morgan fingerprint density at radius 3 is 2.87 bits per heavy atom. The highest BCUT2D eigenvalue weighted by Gasteiger charge is 2.27. The molecule has 0 aromatic heterocycles. The molecule has 3 N–H and O–H groups in total. The Kier molecular flexibility index (Phi) is 4.08. The molecule has 0 aromatic carbocycles. The summed E-state index contributed by atoms with van der Waals surface area (Å²) in [4.78, 5) is 33.3. The molecule has 0 aromatic rings. The number of carbonyl (C=O) groups excluding carboxylic acids is 3. The fourth-order valence-corrected chi connectivity index (χ4v) is 1.28. The zero-order valence-electron chi connectivity index (χ0n) is 8.63. The largest absolute Gasteiger partial charge is 0.338 e. The third-order valence-electron chi connectivity index (χ3n) is 2.08. The highest BCUT2D eigenvalue weighted by molar-refractivity contribution is 6.01. The second kappa shape index (κ2) is 5.33. The van der Waals surface area contributed by atoms with Gasteiger partial charge in [0.25, 0.3) is 0 Å². The number of amides is 4. The minimum Gasteiger partial charge on any atom is -0.338 e. The fourth-order valence-electron chi connectivity index (χ4n) is 1.28. The van der Waals surface area contributed by atoms with Crippen molar-refractivity contribution in [3.8, 4) is 0 Å². The van der Waals surface area contributed by atoms with Crippen molar-refractivity contribution >= 4 is 17.8 Å². The molecule has 1 fully saturated rings. The van der Waals surface area contributed by atoms with Gasteiger partial charge >= 0.3 is 6.03 Å². The lowest BCUT2D eigenvalue weighted by atomic mass is 10.1. The van der Waals surface area contributed by atoms with Crippen LogP contribution < -0.4 is 16.0 Å². The molecule has 1 rings (SSSR count). The molecule has 4 amide bonds. The maximum atomic E-state index is 11.2. The predicted molar refractivity (Wildman–Crippen MR) is 53.0 cm³/mol. The van der Waals surface area contributed by atoms with E-state index in [-0.39, 0.29) is 18.4 Å². The second-order valence-corrected chi connectivity index (χ2v) is 3.40. The SMILES string of the molecule is CCCNC(=O)N[C@@H]1CCC(=O)NC1=O. The standard InChI is InChI=1S/C9H15N3O3/c1-2-5-10-9(15)11-6-3-4-7(13)12-8(6)14/h6H,2-5H2,1H3,(H2,10,11,15)(H,12,13,14)/t6-/m1/s1. The van der Waals surface area contributed by atoms with E-state index in [1.165, 1.54) is 0 Å². The van der Waals surface area contributed by atoms with Crippen molar-refractivity contribution in [2.24, 2.45) is 0 Å². The third kappa shape index (κ3) is 3.57. The van der Waals surface area contributed by atoms with Crippen LogP contribution in [0.5, 0.6) is 0 Å². The van der Waals surface area contributed by atoms with Crippen LogP contribution in [0.25, 0.3) is 0 Å². The van der Waals surface area contributed by atoms with Gasteiger partial charge in [-0.15, -0.1) is 0 Å². The molecule has 0 unspecified atom stereocenters. The van der Waals surface area contributed by atoms with Crippen LogP contribution in [0.1, 0.15) is 26.2 Å². The summed E-state index contributed by atoms with van der Waals surface area (Å²) in [6, 6.07) is -0.967. The first-order valence-corrected chi connectivity index (χ1v) is 5.01. The maximum Gasteiger partial charge on any atom is 0.315 e. The van der Waals surface area contributed by atoms with Crippen molar-refractivity contribution in [3.05, 3.63) is 0 Å². The summed E-state index contributed by atoms with van der Waals surface area (Å²) < 4.78 is 0. The molecule has 15 heavy (non-hydrogen) atoms. The van der Waals surface area contributed by atoms with Crippen molar-refractivity contribution in [1.82, 2.24) is 16.0 Å². The van der Waals surface area contributed by atoms with E-state index in [1.807, 2.05) is 6.92 Å². The Hall–Kier alpha value is -1.59. The molecular weight excluding hydrogens is 198 g/mol. The average Bonchev–Trinajstić information content (AvgIpc) is 2.19. The number of urea groups is 1. The first-order chi connectivity index (χ1) is 7.13. The van der Waals surface area contributed by atoms with E-state index in [1.54, 1.807) is 0 Å². The van der Waals surface area contributed by atoms with E-state index in [4.69, 9.17) is 0 Å². The summed E-state index contributed by atoms with van der Waals surface area (Å²) in [5.74, 6) is -0.718. The van der Waals surface area contributed by atoms with E-state index in [0.29, 0.717) is 13.0 Å². The van der Waals surface area contributed by atoms with Gasteiger partial charge in [0, 0.05) is 13.0 Å². The van der Waals surface area contributed by atoms with Gasteiger partial charge in [0.1, 0.15) is 6.04 Å². The molecule has 1 aliphatic heterocycles. The number of imide groups is 1. The molecule has 1 atom stereocenters. The van der Waals surface area contributed by atoms with Gasteiger partial charge in [-0.05, 0) is 12.8 Å². The summed E-state index contributed by atoms with van der Waals surface area (Å²) in [6.45, 7) is 2.51. The first kappa shape index (κ1) is 11.5. The van der Waals surface area contributed by atoms with Crippen LogP contribution in [0, 0.1) is 0 Å². The zero-order chi connectivity index (χ0) is 11.3. The van der Waals surface area contributed by atoms with Gasteiger partial charge in [-0.3, -0.25) is 14.9 Å². The van der Waals surface area contributed by atoms with Crippen molar-refractivity contribution < 1.29 is 14.4 Å². The summed E-state index contributed by atoms with van der Waals surface area (Å²) >= 11 is 0. The number of rotatable bonds is 3. The first-order valence-electron chi connectivity index (χ1n) is 5.01. The van der Waals surface area contributed by atoms with E-state index < -0.39 is 11.9 Å². The Morgan fingerprint density at radius 2 is 2.27 bits per heavy atom. The summed E-state index contributed by atoms with van der Waals surface area (Å²) in [5, 5.41) is 7.28. The number of carbonyl (C=O) groups is 3. The highest BCUT2D eigenvalue weighted by atomic mass is 16.2. The molecule has 1 saturated heterocycles. The summed E-state index contributed by atoms with van der Waals surface area (Å²) in [7, 11) is 0. The molecule has 84 valence electrons. The number of piperidine rings is 1. The van der Waals surface area contributed by atoms with Crippen LogP contribution in [0.3, 0.4) is 0 Å². The molecular formula is C9H15N3O3. The molecule has 0 bridgehead atoms. The third-order valence-corrected chi connectivity index (χ3v) is 2.08. The van der Waals surface area contributed by atoms with Crippen molar-refractivity contribution in [2.45, 2.75) is 32.2 Å².